The number of allylic oxidation sites excluding steroid dienone is 3. The Morgan fingerprint density at radius 2 is 1.50 bits per heavy atom. The first-order valence-corrected chi connectivity index (χ1v) is 12.7. The zero-order chi connectivity index (χ0) is 26.1. The number of pyridine rings is 1. The van der Waals surface area contributed by atoms with Crippen LogP contribution in [0.1, 0.15) is 20.8 Å². The van der Waals surface area contributed by atoms with Crippen LogP contribution in [0.3, 0.4) is 0 Å². The van der Waals surface area contributed by atoms with Crippen LogP contribution in [-0.2, 0) is 0 Å². The Balaban J connectivity index is 1.49. The number of rotatable bonds is 4. The molecule has 0 aliphatic heterocycles. The normalized spacial score (nSPS) is 13.3. The molecule has 2 heterocycles. The fourth-order valence-corrected chi connectivity index (χ4v) is 5.68. The van der Waals surface area contributed by atoms with Crippen molar-refractivity contribution in [1.29, 1.82) is 10.5 Å². The number of aromatic nitrogens is 1. The molecule has 0 saturated carbocycles. The van der Waals surface area contributed by atoms with E-state index in [9.17, 15) is 15.3 Å². The lowest BCUT2D eigenvalue weighted by molar-refractivity contribution is 0.104. The molecule has 38 heavy (non-hydrogen) atoms. The summed E-state index contributed by atoms with van der Waals surface area (Å²) in [4.78, 5) is 21.1. The smallest absolute Gasteiger partial charge is 0.194 e. The van der Waals surface area contributed by atoms with Gasteiger partial charge in [0.05, 0.1) is 0 Å². The van der Waals surface area contributed by atoms with Gasteiger partial charge >= 0.3 is 0 Å². The maximum absolute atomic E-state index is 13.6. The molecular weight excluding hydrogens is 488 g/mol. The number of carbonyl (C=O) groups excluding carboxylic acids is 1. The highest BCUT2D eigenvalue weighted by Gasteiger charge is 2.33. The van der Waals surface area contributed by atoms with E-state index in [4.69, 9.17) is 0 Å². The van der Waals surface area contributed by atoms with E-state index in [1.807, 2.05) is 109 Å². The highest BCUT2D eigenvalue weighted by Crippen LogP contribution is 2.43. The van der Waals surface area contributed by atoms with Crippen LogP contribution < -0.4 is 4.90 Å². The van der Waals surface area contributed by atoms with Crippen LogP contribution in [0, 0.1) is 22.7 Å². The molecule has 6 heteroatoms. The second kappa shape index (κ2) is 9.63. The number of anilines is 3. The molecule has 0 saturated heterocycles. The minimum atomic E-state index is -0.191. The number of carbonyl (C=O) groups is 1. The van der Waals surface area contributed by atoms with Crippen LogP contribution in [0.5, 0.6) is 0 Å². The summed E-state index contributed by atoms with van der Waals surface area (Å²) in [5, 5.41) is 22.3. The number of hydrogen-bond acceptors (Lipinski definition) is 6. The fraction of sp³-hybridized carbons (Fsp3) is 0. The van der Waals surface area contributed by atoms with Gasteiger partial charge in [0.2, 0.25) is 0 Å². The quantitative estimate of drug-likeness (QED) is 0.183. The van der Waals surface area contributed by atoms with Crippen molar-refractivity contribution in [1.82, 2.24) is 4.98 Å². The maximum atomic E-state index is 13.6. The van der Waals surface area contributed by atoms with E-state index in [1.54, 1.807) is 12.3 Å². The lowest BCUT2D eigenvalue weighted by Gasteiger charge is -2.22. The van der Waals surface area contributed by atoms with Crippen LogP contribution in [0.15, 0.2) is 114 Å². The van der Waals surface area contributed by atoms with Crippen LogP contribution in [0.25, 0.3) is 22.4 Å². The third kappa shape index (κ3) is 3.96. The van der Waals surface area contributed by atoms with Crippen LogP contribution in [-0.4, -0.2) is 10.8 Å². The van der Waals surface area contributed by atoms with Crippen molar-refractivity contribution in [3.8, 4) is 12.1 Å². The topological polar surface area (TPSA) is 80.8 Å². The first kappa shape index (κ1) is 23.1. The summed E-state index contributed by atoms with van der Waals surface area (Å²) in [5.41, 5.74) is 2.75. The molecule has 0 fully saturated rings. The molecule has 0 bridgehead atoms. The third-order valence-electron chi connectivity index (χ3n) is 6.40. The number of nitrogens with zero attached hydrogens (tertiary/aromatic N) is 4. The Bertz CT molecular complexity index is 1800. The monoisotopic (exact) mass is 506 g/mol. The molecule has 0 spiro atoms. The summed E-state index contributed by atoms with van der Waals surface area (Å²) in [6.45, 7) is 0. The van der Waals surface area contributed by atoms with E-state index in [0.717, 1.165) is 32.2 Å². The lowest BCUT2D eigenvalue weighted by Crippen LogP contribution is -2.09. The van der Waals surface area contributed by atoms with Gasteiger partial charge < -0.3 is 0 Å². The Hall–Kier alpha value is -5.30. The van der Waals surface area contributed by atoms with Crippen molar-refractivity contribution in [3.05, 3.63) is 130 Å². The van der Waals surface area contributed by atoms with Gasteiger partial charge in [-0.05, 0) is 70.9 Å². The first-order chi connectivity index (χ1) is 18.7. The summed E-state index contributed by atoms with van der Waals surface area (Å²) >= 11 is 1.50. The van der Waals surface area contributed by atoms with Gasteiger partial charge in [-0.25, -0.2) is 4.98 Å². The Labute approximate surface area is 223 Å². The van der Waals surface area contributed by atoms with E-state index in [1.165, 1.54) is 11.3 Å². The lowest BCUT2D eigenvalue weighted by atomic mass is 9.97. The average Bonchev–Trinajstić information content (AvgIpc) is 3.52. The van der Waals surface area contributed by atoms with E-state index in [2.05, 4.69) is 9.88 Å². The van der Waals surface area contributed by atoms with Gasteiger partial charge in [0, 0.05) is 33.5 Å². The number of fused-ring (bicyclic) bond motifs is 2. The molecule has 0 radical (unpaired) electrons. The number of ketones is 1. The molecule has 1 aliphatic rings. The van der Waals surface area contributed by atoms with Crippen molar-refractivity contribution in [2.24, 2.45) is 0 Å². The summed E-state index contributed by atoms with van der Waals surface area (Å²) in [7, 11) is 0. The van der Waals surface area contributed by atoms with Crippen molar-refractivity contribution < 1.29 is 4.79 Å². The Kier molecular flexibility index (Phi) is 5.86. The van der Waals surface area contributed by atoms with Crippen molar-refractivity contribution >= 4 is 56.0 Å². The molecular formula is C32H18N4OS. The van der Waals surface area contributed by atoms with Crippen LogP contribution in [0.2, 0.25) is 0 Å². The zero-order valence-electron chi connectivity index (χ0n) is 20.0. The standard InChI is InChI=1S/C32H18N4OS/c33-19-23(20-34)31-26-16-21-8-4-5-9-22(21)17-27(26)32(37)28(31)18-25-13-14-30(38-25)36(24-10-2-1-3-11-24)29-12-6-7-15-35-29/h1-18H/b28-18+. The summed E-state index contributed by atoms with van der Waals surface area (Å²) < 4.78 is 0. The molecule has 5 aromatic rings. The number of hydrogen-bond donors (Lipinski definition) is 0. The van der Waals surface area contributed by atoms with Gasteiger partial charge in [0.1, 0.15) is 28.5 Å². The zero-order valence-corrected chi connectivity index (χ0v) is 20.8. The van der Waals surface area contributed by atoms with E-state index in [-0.39, 0.29) is 11.4 Å². The van der Waals surface area contributed by atoms with Crippen LogP contribution >= 0.6 is 11.3 Å². The first-order valence-electron chi connectivity index (χ1n) is 11.9. The second-order valence-electron chi connectivity index (χ2n) is 8.64. The van der Waals surface area contributed by atoms with Gasteiger partial charge in [-0.15, -0.1) is 11.3 Å². The molecule has 178 valence electrons. The minimum absolute atomic E-state index is 0.0743. The van der Waals surface area contributed by atoms with E-state index >= 15 is 0 Å². The maximum Gasteiger partial charge on any atom is 0.194 e. The van der Waals surface area contributed by atoms with Crippen molar-refractivity contribution in [2.75, 3.05) is 4.90 Å². The van der Waals surface area contributed by atoms with Gasteiger partial charge in [-0.1, -0.05) is 48.5 Å². The van der Waals surface area contributed by atoms with Crippen molar-refractivity contribution in [3.63, 3.8) is 0 Å². The molecule has 5 nitrogen and oxygen atoms in total. The average molecular weight is 507 g/mol. The fourth-order valence-electron chi connectivity index (χ4n) is 4.70. The minimum Gasteiger partial charge on any atom is -0.289 e. The molecule has 0 N–H and O–H groups in total. The molecule has 2 aromatic heterocycles. The number of thiophene rings is 1. The van der Waals surface area contributed by atoms with Gasteiger partial charge in [-0.3, -0.25) is 9.69 Å². The third-order valence-corrected chi connectivity index (χ3v) is 7.42. The molecule has 6 rings (SSSR count). The van der Waals surface area contributed by atoms with Gasteiger partial charge in [-0.2, -0.15) is 10.5 Å². The number of Topliss-reactive ketones (excluding diaryl/α,β-unsaturated/α-hetero) is 1. The number of nitriles is 2. The molecule has 0 atom stereocenters. The SMILES string of the molecule is N#CC(C#N)=C1/C(=C\c2ccc(N(c3ccccc3)c3ccccn3)s2)C(=O)c2cc3ccccc3cc21. The van der Waals surface area contributed by atoms with Crippen molar-refractivity contribution in [2.45, 2.75) is 0 Å². The predicted octanol–water partition coefficient (Wildman–Crippen LogP) is 7.85. The van der Waals surface area contributed by atoms with Gasteiger partial charge in [0.25, 0.3) is 0 Å². The molecule has 1 aliphatic carbocycles. The van der Waals surface area contributed by atoms with E-state index < -0.39 is 0 Å². The second-order valence-corrected chi connectivity index (χ2v) is 9.73. The van der Waals surface area contributed by atoms with Gasteiger partial charge in [0.15, 0.2) is 5.78 Å². The van der Waals surface area contributed by atoms with Crippen LogP contribution in [0.4, 0.5) is 16.5 Å². The highest BCUT2D eigenvalue weighted by atomic mass is 32.1. The van der Waals surface area contributed by atoms with E-state index in [0.29, 0.717) is 22.3 Å². The highest BCUT2D eigenvalue weighted by molar-refractivity contribution is 7.17. The Morgan fingerprint density at radius 3 is 2.18 bits per heavy atom. The number of para-hydroxylation sites is 1. The largest absolute Gasteiger partial charge is 0.289 e. The number of benzene rings is 3. The molecule has 0 amide bonds. The summed E-state index contributed by atoms with van der Waals surface area (Å²) in [6.07, 6.45) is 3.54. The molecule has 0 unspecified atom stereocenters. The Morgan fingerprint density at radius 1 is 0.816 bits per heavy atom. The summed E-state index contributed by atoms with van der Waals surface area (Å²) in [6, 6.07) is 35.1. The predicted molar refractivity (Wildman–Crippen MR) is 151 cm³/mol. The summed E-state index contributed by atoms with van der Waals surface area (Å²) in [5.74, 6) is 0.580. The molecule has 3 aromatic carbocycles.